The van der Waals surface area contributed by atoms with Gasteiger partial charge in [0.1, 0.15) is 11.0 Å². The van der Waals surface area contributed by atoms with Gasteiger partial charge in [-0.25, -0.2) is 9.97 Å². The van der Waals surface area contributed by atoms with Crippen LogP contribution in [0.3, 0.4) is 0 Å². The highest BCUT2D eigenvalue weighted by Gasteiger charge is 2.28. The number of hydrogen-bond donors (Lipinski definition) is 0. The van der Waals surface area contributed by atoms with Crippen LogP contribution in [0.15, 0.2) is 24.3 Å². The van der Waals surface area contributed by atoms with E-state index in [2.05, 4.69) is 34.1 Å². The molecule has 0 radical (unpaired) electrons. The van der Waals surface area contributed by atoms with Crippen LogP contribution < -0.4 is 4.90 Å². The van der Waals surface area contributed by atoms with E-state index in [1.807, 2.05) is 21.0 Å². The summed E-state index contributed by atoms with van der Waals surface area (Å²) in [5, 5.41) is 0.577. The van der Waals surface area contributed by atoms with Crippen molar-refractivity contribution in [2.75, 3.05) is 19.0 Å². The molecule has 104 valence electrons. The number of halogens is 1. The lowest BCUT2D eigenvalue weighted by Gasteiger charge is -2.14. The lowest BCUT2D eigenvalue weighted by molar-refractivity contribution is 0.922. The van der Waals surface area contributed by atoms with Gasteiger partial charge in [0, 0.05) is 36.8 Å². The fraction of sp³-hybridized carbons (Fsp3) is 0.375. The first-order valence-corrected chi connectivity index (χ1v) is 7.26. The first kappa shape index (κ1) is 13.4. The SMILES string of the molecule is Cc1c(Cl)nc(C2CC2)nc1-c1ccc(N(C)C)cc1. The highest BCUT2D eigenvalue weighted by molar-refractivity contribution is 6.30. The van der Waals surface area contributed by atoms with Crippen molar-refractivity contribution < 1.29 is 0 Å². The maximum absolute atomic E-state index is 6.26. The predicted molar refractivity (Wildman–Crippen MR) is 83.5 cm³/mol. The van der Waals surface area contributed by atoms with Gasteiger partial charge in [0.2, 0.25) is 0 Å². The molecule has 1 saturated carbocycles. The third-order valence-corrected chi connectivity index (χ3v) is 4.07. The molecule has 0 amide bonds. The molecular formula is C16H18ClN3. The minimum absolute atomic E-state index is 0.507. The Morgan fingerprint density at radius 1 is 1.10 bits per heavy atom. The second-order valence-corrected chi connectivity index (χ2v) is 5.92. The molecule has 1 fully saturated rings. The number of hydrogen-bond acceptors (Lipinski definition) is 3. The summed E-state index contributed by atoms with van der Waals surface area (Å²) < 4.78 is 0. The molecule has 3 nitrogen and oxygen atoms in total. The van der Waals surface area contributed by atoms with Crippen LogP contribution in [0.25, 0.3) is 11.3 Å². The van der Waals surface area contributed by atoms with Crippen molar-refractivity contribution in [3.05, 3.63) is 40.8 Å². The van der Waals surface area contributed by atoms with Crippen LogP contribution in [0, 0.1) is 6.92 Å². The molecule has 1 aliphatic carbocycles. The standard InChI is InChI=1S/C16H18ClN3/c1-10-14(11-6-8-13(9-7-11)20(2)3)18-16(12-4-5-12)19-15(10)17/h6-9,12H,4-5H2,1-3H3. The Kier molecular flexibility index (Phi) is 3.38. The molecule has 2 aromatic rings. The van der Waals surface area contributed by atoms with Crippen LogP contribution in [0.1, 0.15) is 30.1 Å². The van der Waals surface area contributed by atoms with Gasteiger partial charge in [-0.2, -0.15) is 0 Å². The highest BCUT2D eigenvalue weighted by Crippen LogP contribution is 2.40. The molecule has 1 aromatic carbocycles. The van der Waals surface area contributed by atoms with Crippen molar-refractivity contribution in [2.24, 2.45) is 0 Å². The average Bonchev–Trinajstić information content (AvgIpc) is 3.26. The number of nitrogens with zero attached hydrogens (tertiary/aromatic N) is 3. The van der Waals surface area contributed by atoms with Gasteiger partial charge in [-0.05, 0) is 31.9 Å². The topological polar surface area (TPSA) is 29.0 Å². The van der Waals surface area contributed by atoms with E-state index in [-0.39, 0.29) is 0 Å². The molecule has 20 heavy (non-hydrogen) atoms. The Balaban J connectivity index is 2.04. The Bertz CT molecular complexity index is 631. The fourth-order valence-corrected chi connectivity index (χ4v) is 2.40. The van der Waals surface area contributed by atoms with E-state index in [1.54, 1.807) is 0 Å². The molecule has 0 unspecified atom stereocenters. The van der Waals surface area contributed by atoms with E-state index in [0.29, 0.717) is 11.1 Å². The summed E-state index contributed by atoms with van der Waals surface area (Å²) in [5.74, 6) is 1.40. The van der Waals surface area contributed by atoms with Gasteiger partial charge in [0.25, 0.3) is 0 Å². The molecule has 0 N–H and O–H groups in total. The van der Waals surface area contributed by atoms with Crippen LogP contribution in [-0.4, -0.2) is 24.1 Å². The van der Waals surface area contributed by atoms with E-state index in [0.717, 1.165) is 22.6 Å². The Morgan fingerprint density at radius 3 is 2.30 bits per heavy atom. The number of rotatable bonds is 3. The summed E-state index contributed by atoms with van der Waals surface area (Å²) in [6.07, 6.45) is 2.36. The maximum atomic E-state index is 6.26. The second-order valence-electron chi connectivity index (χ2n) is 5.56. The normalized spacial score (nSPS) is 14.4. The zero-order valence-corrected chi connectivity index (χ0v) is 12.8. The van der Waals surface area contributed by atoms with Gasteiger partial charge in [-0.1, -0.05) is 23.7 Å². The van der Waals surface area contributed by atoms with Crippen molar-refractivity contribution in [1.82, 2.24) is 9.97 Å². The maximum Gasteiger partial charge on any atom is 0.136 e. The minimum Gasteiger partial charge on any atom is -0.378 e. The van der Waals surface area contributed by atoms with E-state index in [1.165, 1.54) is 18.5 Å². The average molecular weight is 288 g/mol. The molecule has 0 bridgehead atoms. The second kappa shape index (κ2) is 5.06. The summed E-state index contributed by atoms with van der Waals surface area (Å²) in [6.45, 7) is 1.98. The first-order chi connectivity index (χ1) is 9.56. The van der Waals surface area contributed by atoms with Gasteiger partial charge >= 0.3 is 0 Å². The molecule has 0 spiro atoms. The van der Waals surface area contributed by atoms with E-state index < -0.39 is 0 Å². The molecule has 1 heterocycles. The first-order valence-electron chi connectivity index (χ1n) is 6.88. The summed E-state index contributed by atoms with van der Waals surface area (Å²) in [4.78, 5) is 11.2. The monoisotopic (exact) mass is 287 g/mol. The molecule has 1 aromatic heterocycles. The molecule has 0 saturated heterocycles. The Hall–Kier alpha value is -1.61. The molecular weight excluding hydrogens is 270 g/mol. The minimum atomic E-state index is 0.507. The van der Waals surface area contributed by atoms with Crippen LogP contribution in [0.2, 0.25) is 5.15 Å². The van der Waals surface area contributed by atoms with Gasteiger partial charge in [0.05, 0.1) is 5.69 Å². The lowest BCUT2D eigenvalue weighted by Crippen LogP contribution is -2.08. The predicted octanol–water partition coefficient (Wildman–Crippen LogP) is 4.05. The number of aromatic nitrogens is 2. The number of benzene rings is 1. The van der Waals surface area contributed by atoms with Crippen molar-refractivity contribution in [1.29, 1.82) is 0 Å². The van der Waals surface area contributed by atoms with Crippen molar-refractivity contribution >= 4 is 17.3 Å². The van der Waals surface area contributed by atoms with Crippen LogP contribution in [0.4, 0.5) is 5.69 Å². The summed E-state index contributed by atoms with van der Waals surface area (Å²) in [6, 6.07) is 8.39. The molecule has 4 heteroatoms. The Labute approximate surface area is 124 Å². The summed E-state index contributed by atoms with van der Waals surface area (Å²) in [5.41, 5.74) is 4.18. The van der Waals surface area contributed by atoms with Crippen LogP contribution in [0.5, 0.6) is 0 Å². The molecule has 3 rings (SSSR count). The number of anilines is 1. The zero-order chi connectivity index (χ0) is 14.3. The van der Waals surface area contributed by atoms with Gasteiger partial charge in [-0.3, -0.25) is 0 Å². The quantitative estimate of drug-likeness (QED) is 0.798. The van der Waals surface area contributed by atoms with Gasteiger partial charge < -0.3 is 4.90 Å². The van der Waals surface area contributed by atoms with Gasteiger partial charge in [-0.15, -0.1) is 0 Å². The van der Waals surface area contributed by atoms with Gasteiger partial charge in [0.15, 0.2) is 0 Å². The highest BCUT2D eigenvalue weighted by atomic mass is 35.5. The van der Waals surface area contributed by atoms with Crippen LogP contribution in [-0.2, 0) is 0 Å². The fourth-order valence-electron chi connectivity index (χ4n) is 2.23. The summed E-state index contributed by atoms with van der Waals surface area (Å²) in [7, 11) is 4.07. The van der Waals surface area contributed by atoms with Crippen molar-refractivity contribution in [3.8, 4) is 11.3 Å². The third kappa shape index (κ3) is 2.50. The van der Waals surface area contributed by atoms with Crippen molar-refractivity contribution in [3.63, 3.8) is 0 Å². The van der Waals surface area contributed by atoms with E-state index in [4.69, 9.17) is 16.6 Å². The molecule has 0 aliphatic heterocycles. The van der Waals surface area contributed by atoms with E-state index in [9.17, 15) is 0 Å². The van der Waals surface area contributed by atoms with Crippen molar-refractivity contribution in [2.45, 2.75) is 25.7 Å². The lowest BCUT2D eigenvalue weighted by atomic mass is 10.1. The summed E-state index contributed by atoms with van der Waals surface area (Å²) >= 11 is 6.26. The largest absolute Gasteiger partial charge is 0.378 e. The Morgan fingerprint density at radius 2 is 1.75 bits per heavy atom. The molecule has 0 atom stereocenters. The zero-order valence-electron chi connectivity index (χ0n) is 12.0. The van der Waals surface area contributed by atoms with Crippen LogP contribution >= 0.6 is 11.6 Å². The molecule has 1 aliphatic rings. The smallest absolute Gasteiger partial charge is 0.136 e. The van der Waals surface area contributed by atoms with E-state index >= 15 is 0 Å². The third-order valence-electron chi connectivity index (χ3n) is 3.70.